The maximum atomic E-state index is 8.81. The van der Waals surface area contributed by atoms with Crippen molar-refractivity contribution in [2.24, 2.45) is 5.73 Å². The van der Waals surface area contributed by atoms with E-state index in [1.54, 1.807) is 12.4 Å². The second-order valence-electron chi connectivity index (χ2n) is 2.53. The Bertz CT molecular complexity index is 383. The zero-order valence-electron chi connectivity index (χ0n) is 6.71. The van der Waals surface area contributed by atoms with Crippen LogP contribution in [0, 0.1) is 0 Å². The Kier molecular flexibility index (Phi) is 2.17. The van der Waals surface area contributed by atoms with E-state index >= 15 is 0 Å². The predicted octanol–water partition coefficient (Wildman–Crippen LogP) is 0.0784. The third kappa shape index (κ3) is 1.51. The lowest BCUT2D eigenvalue weighted by molar-refractivity contribution is 0.268. The third-order valence-electron chi connectivity index (χ3n) is 1.58. The zero-order chi connectivity index (χ0) is 9.26. The van der Waals surface area contributed by atoms with Crippen molar-refractivity contribution in [3.8, 4) is 0 Å². The lowest BCUT2D eigenvalue weighted by Crippen LogP contribution is -2.13. The highest BCUT2D eigenvalue weighted by Gasteiger charge is 2.11. The van der Waals surface area contributed by atoms with Gasteiger partial charge in [0.25, 0.3) is 0 Å². The van der Waals surface area contributed by atoms with Crippen LogP contribution in [0.1, 0.15) is 11.0 Å². The van der Waals surface area contributed by atoms with Gasteiger partial charge in [-0.25, -0.2) is 15.0 Å². The molecule has 0 amide bonds. The molecule has 2 aromatic rings. The first-order valence-electron chi connectivity index (χ1n) is 3.75. The van der Waals surface area contributed by atoms with Gasteiger partial charge in [-0.15, -0.1) is 0 Å². The van der Waals surface area contributed by atoms with Crippen molar-refractivity contribution in [1.29, 1.82) is 0 Å². The van der Waals surface area contributed by atoms with E-state index in [0.29, 0.717) is 10.7 Å². The van der Waals surface area contributed by atoms with E-state index in [1.165, 1.54) is 11.3 Å². The fraction of sp³-hybridized carbons (Fsp3) is 0.286. The summed E-state index contributed by atoms with van der Waals surface area (Å²) in [5.74, 6) is 0. The number of aromatic nitrogens is 3. The van der Waals surface area contributed by atoms with Crippen LogP contribution in [0.25, 0.3) is 10.5 Å². The summed E-state index contributed by atoms with van der Waals surface area (Å²) in [6.07, 6.45) is 3.19. The second-order valence-corrected chi connectivity index (χ2v) is 3.54. The van der Waals surface area contributed by atoms with Crippen molar-refractivity contribution in [2.45, 2.75) is 6.04 Å². The van der Waals surface area contributed by atoms with Gasteiger partial charge in [-0.2, -0.15) is 0 Å². The molecular weight excluding hydrogens is 188 g/mol. The van der Waals surface area contributed by atoms with Crippen molar-refractivity contribution in [1.82, 2.24) is 15.0 Å². The maximum absolute atomic E-state index is 8.81. The normalized spacial score (nSPS) is 13.4. The second kappa shape index (κ2) is 3.33. The topological polar surface area (TPSA) is 84.9 Å². The van der Waals surface area contributed by atoms with Crippen LogP contribution >= 0.6 is 11.3 Å². The molecule has 1 unspecified atom stereocenters. The smallest absolute Gasteiger partial charge is 0.189 e. The van der Waals surface area contributed by atoms with Gasteiger partial charge in [0.05, 0.1) is 12.6 Å². The molecule has 0 aliphatic heterocycles. The van der Waals surface area contributed by atoms with Crippen LogP contribution in [0.4, 0.5) is 0 Å². The van der Waals surface area contributed by atoms with Crippen molar-refractivity contribution in [2.75, 3.05) is 6.61 Å². The number of rotatable bonds is 2. The fourth-order valence-electron chi connectivity index (χ4n) is 0.930. The number of hydrogen-bond donors (Lipinski definition) is 2. The molecule has 0 fully saturated rings. The van der Waals surface area contributed by atoms with Crippen LogP contribution in [-0.2, 0) is 0 Å². The molecule has 2 aromatic heterocycles. The lowest BCUT2D eigenvalue weighted by atomic mass is 10.4. The molecule has 0 saturated carbocycles. The molecule has 1 atom stereocenters. The number of hydrogen-bond acceptors (Lipinski definition) is 6. The summed E-state index contributed by atoms with van der Waals surface area (Å²) in [7, 11) is 0. The summed E-state index contributed by atoms with van der Waals surface area (Å²) in [5.41, 5.74) is 6.19. The highest BCUT2D eigenvalue weighted by Crippen LogP contribution is 2.21. The molecule has 0 bridgehead atoms. The summed E-state index contributed by atoms with van der Waals surface area (Å²) in [4.78, 5) is 13.0. The van der Waals surface area contributed by atoms with E-state index in [4.69, 9.17) is 10.8 Å². The van der Waals surface area contributed by atoms with Crippen molar-refractivity contribution >= 4 is 21.8 Å². The Labute approximate surface area is 78.3 Å². The monoisotopic (exact) mass is 196 g/mol. The third-order valence-corrected chi connectivity index (χ3v) is 2.66. The van der Waals surface area contributed by atoms with Gasteiger partial charge in [0.15, 0.2) is 10.5 Å². The Morgan fingerprint density at radius 3 is 2.92 bits per heavy atom. The summed E-state index contributed by atoms with van der Waals surface area (Å²) in [6.45, 7) is -0.111. The molecule has 0 saturated heterocycles. The number of fused-ring (bicyclic) bond motifs is 1. The molecular formula is C7H8N4OS. The maximum Gasteiger partial charge on any atom is 0.189 e. The van der Waals surface area contributed by atoms with Crippen LogP contribution in [0.15, 0.2) is 12.4 Å². The molecule has 2 rings (SSSR count). The first kappa shape index (κ1) is 8.49. The van der Waals surface area contributed by atoms with Crippen LogP contribution in [0.5, 0.6) is 0 Å². The molecule has 3 N–H and O–H groups in total. The molecule has 0 aliphatic carbocycles. The molecule has 0 aromatic carbocycles. The van der Waals surface area contributed by atoms with Gasteiger partial charge in [-0.05, 0) is 0 Å². The van der Waals surface area contributed by atoms with E-state index < -0.39 is 6.04 Å². The molecule has 6 heteroatoms. The van der Waals surface area contributed by atoms with Gasteiger partial charge >= 0.3 is 0 Å². The zero-order valence-corrected chi connectivity index (χ0v) is 7.53. The van der Waals surface area contributed by atoms with Crippen molar-refractivity contribution < 1.29 is 5.11 Å². The first-order chi connectivity index (χ1) is 6.31. The average Bonchev–Trinajstić information content (AvgIpc) is 2.59. The van der Waals surface area contributed by atoms with E-state index in [-0.39, 0.29) is 6.61 Å². The minimum Gasteiger partial charge on any atom is -0.394 e. The summed E-state index contributed by atoms with van der Waals surface area (Å²) < 4.78 is 0. The van der Waals surface area contributed by atoms with E-state index in [1.807, 2.05) is 0 Å². The average molecular weight is 196 g/mol. The van der Waals surface area contributed by atoms with Gasteiger partial charge in [-0.1, -0.05) is 11.3 Å². The van der Waals surface area contributed by atoms with E-state index in [9.17, 15) is 0 Å². The highest BCUT2D eigenvalue weighted by atomic mass is 32.1. The van der Waals surface area contributed by atoms with Crippen LogP contribution in [0.3, 0.4) is 0 Å². The molecule has 0 radical (unpaired) electrons. The van der Waals surface area contributed by atoms with Gasteiger partial charge in [-0.3, -0.25) is 0 Å². The van der Waals surface area contributed by atoms with Gasteiger partial charge in [0, 0.05) is 12.4 Å². The van der Waals surface area contributed by atoms with Crippen molar-refractivity contribution in [3.63, 3.8) is 0 Å². The SMILES string of the molecule is NC(CO)c1nc2nccnc2s1. The van der Waals surface area contributed by atoms with Crippen LogP contribution in [0.2, 0.25) is 0 Å². The first-order valence-corrected chi connectivity index (χ1v) is 4.57. The van der Waals surface area contributed by atoms with E-state index in [2.05, 4.69) is 15.0 Å². The lowest BCUT2D eigenvalue weighted by Gasteiger charge is -2.00. The molecule has 13 heavy (non-hydrogen) atoms. The standard InChI is InChI=1S/C7H8N4OS/c8-4(3-12)6-11-5-7(13-6)10-2-1-9-5/h1-2,4,12H,3,8H2. The van der Waals surface area contributed by atoms with Gasteiger partial charge in [0.1, 0.15) is 5.01 Å². The Balaban J connectivity index is 2.49. The van der Waals surface area contributed by atoms with E-state index in [0.717, 1.165) is 4.83 Å². The molecule has 0 spiro atoms. The summed E-state index contributed by atoms with van der Waals surface area (Å²) >= 11 is 1.36. The summed E-state index contributed by atoms with van der Waals surface area (Å²) in [5, 5.41) is 9.48. The summed E-state index contributed by atoms with van der Waals surface area (Å²) in [6, 6.07) is -0.430. The molecule has 68 valence electrons. The molecule has 0 aliphatic rings. The van der Waals surface area contributed by atoms with Crippen LogP contribution in [-0.4, -0.2) is 26.7 Å². The number of nitrogens with zero attached hydrogens (tertiary/aromatic N) is 3. The molecule has 2 heterocycles. The van der Waals surface area contributed by atoms with Gasteiger partial charge in [0.2, 0.25) is 0 Å². The number of nitrogens with two attached hydrogens (primary N) is 1. The van der Waals surface area contributed by atoms with Crippen LogP contribution < -0.4 is 5.73 Å². The minimum atomic E-state index is -0.430. The fourth-order valence-corrected chi connectivity index (χ4v) is 1.79. The number of thiazole rings is 1. The van der Waals surface area contributed by atoms with Gasteiger partial charge < -0.3 is 10.8 Å². The predicted molar refractivity (Wildman–Crippen MR) is 49.2 cm³/mol. The minimum absolute atomic E-state index is 0.111. The Hall–Kier alpha value is -1.11. The number of aliphatic hydroxyl groups excluding tert-OH is 1. The Morgan fingerprint density at radius 2 is 2.23 bits per heavy atom. The van der Waals surface area contributed by atoms with Crippen molar-refractivity contribution in [3.05, 3.63) is 17.4 Å². The highest BCUT2D eigenvalue weighted by molar-refractivity contribution is 7.18. The quantitative estimate of drug-likeness (QED) is 0.710. The number of aliphatic hydroxyl groups is 1. The molecule has 5 nitrogen and oxygen atoms in total. The largest absolute Gasteiger partial charge is 0.394 e. The Morgan fingerprint density at radius 1 is 1.46 bits per heavy atom.